The highest BCUT2D eigenvalue weighted by molar-refractivity contribution is 7.89. The summed E-state index contributed by atoms with van der Waals surface area (Å²) in [5, 5.41) is 0.0565. The predicted molar refractivity (Wildman–Crippen MR) is 115 cm³/mol. The highest BCUT2D eigenvalue weighted by atomic mass is 32.2. The van der Waals surface area contributed by atoms with Gasteiger partial charge in [0.15, 0.2) is 5.03 Å². The summed E-state index contributed by atoms with van der Waals surface area (Å²) in [6, 6.07) is 5.50. The quantitative estimate of drug-likeness (QED) is 0.639. The third-order valence-electron chi connectivity index (χ3n) is 5.77. The van der Waals surface area contributed by atoms with Gasteiger partial charge in [0, 0.05) is 57.5 Å². The molecule has 10 heteroatoms. The highest BCUT2D eigenvalue weighted by Gasteiger charge is 2.34. The van der Waals surface area contributed by atoms with Gasteiger partial charge < -0.3 is 18.9 Å². The lowest BCUT2D eigenvalue weighted by Gasteiger charge is -2.32. The molecule has 2 heterocycles. The van der Waals surface area contributed by atoms with Gasteiger partial charge in [-0.3, -0.25) is 4.79 Å². The Balaban J connectivity index is 1.62. The standard InChI is InChI=1S/C21H30N4O5S/c1-15-22-20(14-23(15)2)31(27,28)25-10-8-16(9-11-25)21(26)24(3)13-17-6-7-18(29-4)12-19(17)30-5/h6-7,12,14,16H,8-11,13H2,1-5H3. The van der Waals surface area contributed by atoms with Crippen molar-refractivity contribution in [2.24, 2.45) is 13.0 Å². The fourth-order valence-electron chi connectivity index (χ4n) is 3.75. The number of ether oxygens (including phenoxy) is 2. The largest absolute Gasteiger partial charge is 0.497 e. The van der Waals surface area contributed by atoms with Crippen molar-refractivity contribution in [2.75, 3.05) is 34.4 Å². The van der Waals surface area contributed by atoms with E-state index in [1.807, 2.05) is 12.1 Å². The van der Waals surface area contributed by atoms with Crippen molar-refractivity contribution in [1.82, 2.24) is 18.8 Å². The number of aromatic nitrogens is 2. The maximum atomic E-state index is 13.0. The minimum absolute atomic E-state index is 0.00333. The zero-order valence-electron chi connectivity index (χ0n) is 18.7. The van der Waals surface area contributed by atoms with Gasteiger partial charge in [0.25, 0.3) is 10.0 Å². The topological polar surface area (TPSA) is 94.0 Å². The van der Waals surface area contributed by atoms with Crippen LogP contribution >= 0.6 is 0 Å². The van der Waals surface area contributed by atoms with E-state index in [2.05, 4.69) is 4.98 Å². The fraction of sp³-hybridized carbons (Fsp3) is 0.524. The van der Waals surface area contributed by atoms with Crippen LogP contribution in [-0.2, 0) is 28.4 Å². The molecular formula is C21H30N4O5S. The molecule has 9 nitrogen and oxygen atoms in total. The molecule has 2 aromatic rings. The van der Waals surface area contributed by atoms with E-state index in [0.717, 1.165) is 5.56 Å². The van der Waals surface area contributed by atoms with Crippen molar-refractivity contribution in [1.29, 1.82) is 0 Å². The second kappa shape index (κ2) is 9.27. The van der Waals surface area contributed by atoms with Crippen LogP contribution in [0.15, 0.2) is 29.4 Å². The molecule has 0 saturated carbocycles. The Kier molecular flexibility index (Phi) is 6.90. The Hall–Kier alpha value is -2.59. The number of hydrogen-bond donors (Lipinski definition) is 0. The molecule has 0 N–H and O–H groups in total. The number of benzene rings is 1. The number of aryl methyl sites for hydroxylation is 2. The summed E-state index contributed by atoms with van der Waals surface area (Å²) >= 11 is 0. The lowest BCUT2D eigenvalue weighted by atomic mass is 9.96. The van der Waals surface area contributed by atoms with Crippen LogP contribution in [0.5, 0.6) is 11.5 Å². The van der Waals surface area contributed by atoms with E-state index in [1.165, 1.54) is 10.5 Å². The summed E-state index contributed by atoms with van der Waals surface area (Å²) < 4.78 is 39.5. The highest BCUT2D eigenvalue weighted by Crippen LogP contribution is 2.28. The first-order valence-electron chi connectivity index (χ1n) is 10.1. The molecule has 0 spiro atoms. The van der Waals surface area contributed by atoms with E-state index in [1.54, 1.807) is 50.8 Å². The van der Waals surface area contributed by atoms with Crippen LogP contribution in [0.2, 0.25) is 0 Å². The molecule has 1 aromatic carbocycles. The number of rotatable bonds is 7. The summed E-state index contributed by atoms with van der Waals surface area (Å²) in [5.74, 6) is 1.77. The Bertz CT molecular complexity index is 1020. The minimum Gasteiger partial charge on any atom is -0.497 e. The molecule has 31 heavy (non-hydrogen) atoms. The van der Waals surface area contributed by atoms with Gasteiger partial charge >= 0.3 is 0 Å². The maximum Gasteiger partial charge on any atom is 0.262 e. The monoisotopic (exact) mass is 450 g/mol. The average molecular weight is 451 g/mol. The summed E-state index contributed by atoms with van der Waals surface area (Å²) in [6.45, 7) is 2.76. The van der Waals surface area contributed by atoms with E-state index in [4.69, 9.17) is 9.47 Å². The molecule has 1 saturated heterocycles. The van der Waals surface area contributed by atoms with Gasteiger partial charge in [-0.15, -0.1) is 0 Å². The summed E-state index contributed by atoms with van der Waals surface area (Å²) in [6.07, 6.45) is 2.49. The number of sulfonamides is 1. The first kappa shape index (κ1) is 23.1. The molecule has 1 aliphatic heterocycles. The SMILES string of the molecule is COc1ccc(CN(C)C(=O)C2CCN(S(=O)(=O)c3cn(C)c(C)n3)CC2)c(OC)c1. The van der Waals surface area contributed by atoms with E-state index in [9.17, 15) is 13.2 Å². The van der Waals surface area contributed by atoms with Crippen LogP contribution in [0.3, 0.4) is 0 Å². The molecule has 1 aliphatic rings. The van der Waals surface area contributed by atoms with Crippen molar-refractivity contribution in [3.05, 3.63) is 35.8 Å². The Morgan fingerprint density at radius 2 is 1.90 bits per heavy atom. The minimum atomic E-state index is -3.65. The fourth-order valence-corrected chi connectivity index (χ4v) is 5.25. The van der Waals surface area contributed by atoms with Crippen LogP contribution in [-0.4, -0.2) is 67.4 Å². The maximum absolute atomic E-state index is 13.0. The third-order valence-corrected chi connectivity index (χ3v) is 7.54. The Labute approximate surface area is 183 Å². The second-order valence-electron chi connectivity index (χ2n) is 7.79. The smallest absolute Gasteiger partial charge is 0.262 e. The van der Waals surface area contributed by atoms with Gasteiger partial charge in [-0.05, 0) is 31.9 Å². The Morgan fingerprint density at radius 1 is 1.23 bits per heavy atom. The molecule has 0 aliphatic carbocycles. The number of piperidine rings is 1. The van der Waals surface area contributed by atoms with E-state index in [0.29, 0.717) is 49.8 Å². The number of hydrogen-bond acceptors (Lipinski definition) is 6. The van der Waals surface area contributed by atoms with Crippen LogP contribution < -0.4 is 9.47 Å². The van der Waals surface area contributed by atoms with Gasteiger partial charge in [0.05, 0.1) is 14.2 Å². The first-order chi connectivity index (χ1) is 14.7. The predicted octanol–water partition coefficient (Wildman–Crippen LogP) is 1.81. The number of carbonyl (C=O) groups excluding carboxylic acids is 1. The molecule has 1 amide bonds. The van der Waals surface area contributed by atoms with Gasteiger partial charge in [-0.2, -0.15) is 4.31 Å². The van der Waals surface area contributed by atoms with E-state index >= 15 is 0 Å². The van der Waals surface area contributed by atoms with E-state index < -0.39 is 10.0 Å². The zero-order valence-corrected chi connectivity index (χ0v) is 19.5. The van der Waals surface area contributed by atoms with Crippen LogP contribution in [0.1, 0.15) is 24.2 Å². The molecule has 3 rings (SSSR count). The molecular weight excluding hydrogens is 420 g/mol. The van der Waals surface area contributed by atoms with Crippen LogP contribution in [0.4, 0.5) is 0 Å². The zero-order chi connectivity index (χ0) is 22.8. The summed E-state index contributed by atoms with van der Waals surface area (Å²) in [4.78, 5) is 18.8. The van der Waals surface area contributed by atoms with Gasteiger partial charge in [-0.25, -0.2) is 13.4 Å². The number of imidazole rings is 1. The van der Waals surface area contributed by atoms with Gasteiger partial charge in [0.1, 0.15) is 17.3 Å². The molecule has 0 radical (unpaired) electrons. The molecule has 1 fully saturated rings. The van der Waals surface area contributed by atoms with E-state index in [-0.39, 0.29) is 16.9 Å². The first-order valence-corrected chi connectivity index (χ1v) is 11.6. The van der Waals surface area contributed by atoms with Crippen molar-refractivity contribution in [3.63, 3.8) is 0 Å². The second-order valence-corrected chi connectivity index (χ2v) is 9.67. The number of nitrogens with zero attached hydrogens (tertiary/aromatic N) is 4. The lowest BCUT2D eigenvalue weighted by molar-refractivity contribution is -0.135. The molecule has 1 aromatic heterocycles. The third kappa shape index (κ3) is 4.85. The van der Waals surface area contributed by atoms with Crippen molar-refractivity contribution >= 4 is 15.9 Å². The van der Waals surface area contributed by atoms with Crippen molar-refractivity contribution < 1.29 is 22.7 Å². The van der Waals surface area contributed by atoms with Gasteiger partial charge in [0.2, 0.25) is 5.91 Å². The number of amides is 1. The van der Waals surface area contributed by atoms with Crippen molar-refractivity contribution in [2.45, 2.75) is 31.3 Å². The average Bonchev–Trinajstić information content (AvgIpc) is 3.12. The Morgan fingerprint density at radius 3 is 2.45 bits per heavy atom. The molecule has 0 bridgehead atoms. The van der Waals surface area contributed by atoms with Gasteiger partial charge in [-0.1, -0.05) is 0 Å². The molecule has 170 valence electrons. The number of methoxy groups -OCH3 is 2. The molecule has 0 atom stereocenters. The van der Waals surface area contributed by atoms with Crippen molar-refractivity contribution in [3.8, 4) is 11.5 Å². The summed E-state index contributed by atoms with van der Waals surface area (Å²) in [5.41, 5.74) is 0.879. The van der Waals surface area contributed by atoms with Crippen LogP contribution in [0, 0.1) is 12.8 Å². The molecule has 0 unspecified atom stereocenters. The lowest BCUT2D eigenvalue weighted by Crippen LogP contribution is -2.43. The number of carbonyl (C=O) groups is 1. The van der Waals surface area contributed by atoms with Crippen LogP contribution in [0.25, 0.3) is 0 Å². The summed E-state index contributed by atoms with van der Waals surface area (Å²) in [7, 11) is 3.04. The normalized spacial score (nSPS) is 15.6.